The number of nitrogens with one attached hydrogen (secondary N) is 1. The van der Waals surface area contributed by atoms with Gasteiger partial charge in [0.25, 0.3) is 0 Å². The summed E-state index contributed by atoms with van der Waals surface area (Å²) in [4.78, 5) is 4.73. The van der Waals surface area contributed by atoms with Gasteiger partial charge in [-0.1, -0.05) is 61.9 Å². The van der Waals surface area contributed by atoms with Gasteiger partial charge in [0.1, 0.15) is 5.82 Å². The summed E-state index contributed by atoms with van der Waals surface area (Å²) in [5.41, 5.74) is 5.99. The van der Waals surface area contributed by atoms with Crippen molar-refractivity contribution in [3.63, 3.8) is 0 Å². The number of nitrogens with zero attached hydrogens (tertiary/aromatic N) is 5. The third-order valence-electron chi connectivity index (χ3n) is 6.05. The lowest BCUT2D eigenvalue weighted by atomic mass is 9.93. The molecule has 6 heteroatoms. The number of tetrazole rings is 1. The molecule has 1 unspecified atom stereocenters. The summed E-state index contributed by atoms with van der Waals surface area (Å²) in [6.07, 6.45) is 9.07. The molecule has 3 heterocycles. The minimum absolute atomic E-state index is 0.379. The molecule has 5 rings (SSSR count). The van der Waals surface area contributed by atoms with Crippen LogP contribution in [0, 0.1) is 0 Å². The molecule has 6 nitrogen and oxygen atoms in total. The van der Waals surface area contributed by atoms with Crippen LogP contribution in [0.25, 0.3) is 22.5 Å². The Labute approximate surface area is 176 Å². The molecular weight excluding hydrogens is 372 g/mol. The largest absolute Gasteiger partial charge is 0.325 e. The molecule has 152 valence electrons. The molecule has 0 bridgehead atoms. The van der Waals surface area contributed by atoms with Gasteiger partial charge in [-0.25, -0.2) is 4.98 Å². The lowest BCUT2D eigenvalue weighted by molar-refractivity contribution is 0.437. The zero-order valence-electron chi connectivity index (χ0n) is 17.3. The van der Waals surface area contributed by atoms with Gasteiger partial charge in [0, 0.05) is 23.9 Å². The Morgan fingerprint density at radius 3 is 2.67 bits per heavy atom. The van der Waals surface area contributed by atoms with E-state index >= 15 is 0 Å². The maximum absolute atomic E-state index is 4.73. The minimum atomic E-state index is 0.379. The Morgan fingerprint density at radius 1 is 1.07 bits per heavy atom. The Morgan fingerprint density at radius 2 is 1.90 bits per heavy atom. The van der Waals surface area contributed by atoms with Gasteiger partial charge in [0.15, 0.2) is 0 Å². The molecule has 0 aliphatic carbocycles. The van der Waals surface area contributed by atoms with Gasteiger partial charge >= 0.3 is 0 Å². The van der Waals surface area contributed by atoms with Crippen LogP contribution in [-0.2, 0) is 12.8 Å². The highest BCUT2D eigenvalue weighted by Gasteiger charge is 2.24. The lowest BCUT2D eigenvalue weighted by Gasteiger charge is -2.28. The third kappa shape index (κ3) is 3.43. The Bertz CT molecular complexity index is 1110. The first-order valence-electron chi connectivity index (χ1n) is 10.8. The van der Waals surface area contributed by atoms with Crippen molar-refractivity contribution in [2.45, 2.75) is 51.5 Å². The molecule has 1 N–H and O–H groups in total. The second-order valence-electron chi connectivity index (χ2n) is 7.95. The fourth-order valence-electron chi connectivity index (χ4n) is 4.54. The van der Waals surface area contributed by atoms with Crippen molar-refractivity contribution in [2.24, 2.45) is 0 Å². The smallest absolute Gasteiger partial charge is 0.205 e. The van der Waals surface area contributed by atoms with E-state index in [-0.39, 0.29) is 0 Å². The van der Waals surface area contributed by atoms with E-state index in [2.05, 4.69) is 68.6 Å². The van der Waals surface area contributed by atoms with Gasteiger partial charge in [0.2, 0.25) is 5.82 Å². The number of fused-ring (bicyclic) bond motifs is 1. The number of aromatic nitrogens is 6. The lowest BCUT2D eigenvalue weighted by Crippen LogP contribution is -2.21. The van der Waals surface area contributed by atoms with E-state index in [0.29, 0.717) is 11.9 Å². The van der Waals surface area contributed by atoms with Crippen LogP contribution in [0.15, 0.2) is 54.7 Å². The molecule has 0 radical (unpaired) electrons. The molecule has 0 fully saturated rings. The standard InChI is InChI=1S/C24H26N6/c1-2-3-7-19-16-25-23-11-6-10-22(30(19)23)18-14-12-17(13-15-18)20-8-4-5-9-21(20)24-26-28-29-27-24/h4-5,8-9,12-16,22H,2-3,6-7,10-11H2,1H3,(H,26,27,28,29). The maximum atomic E-state index is 4.73. The molecule has 2 aromatic carbocycles. The van der Waals surface area contributed by atoms with Crippen LogP contribution in [0.1, 0.15) is 55.7 Å². The van der Waals surface area contributed by atoms with Crippen molar-refractivity contribution in [3.05, 3.63) is 71.8 Å². The maximum Gasteiger partial charge on any atom is 0.205 e. The fourth-order valence-corrected chi connectivity index (χ4v) is 4.54. The van der Waals surface area contributed by atoms with Gasteiger partial charge in [-0.2, -0.15) is 5.21 Å². The number of imidazole rings is 1. The minimum Gasteiger partial charge on any atom is -0.325 e. The molecule has 1 aliphatic rings. The Hall–Kier alpha value is -3.28. The monoisotopic (exact) mass is 398 g/mol. The van der Waals surface area contributed by atoms with E-state index in [9.17, 15) is 0 Å². The predicted octanol–water partition coefficient (Wildman–Crippen LogP) is 5.00. The molecule has 0 saturated heterocycles. The number of benzene rings is 2. The van der Waals surface area contributed by atoms with Crippen molar-refractivity contribution < 1.29 is 0 Å². The van der Waals surface area contributed by atoms with Crippen LogP contribution >= 0.6 is 0 Å². The summed E-state index contributed by atoms with van der Waals surface area (Å²) >= 11 is 0. The van der Waals surface area contributed by atoms with E-state index in [1.54, 1.807) is 0 Å². The average molecular weight is 399 g/mol. The second kappa shape index (κ2) is 8.22. The van der Waals surface area contributed by atoms with Gasteiger partial charge in [-0.05, 0) is 47.6 Å². The van der Waals surface area contributed by atoms with Crippen molar-refractivity contribution in [3.8, 4) is 22.5 Å². The van der Waals surface area contributed by atoms with Gasteiger partial charge in [0.05, 0.1) is 6.04 Å². The Balaban J connectivity index is 1.48. The first kappa shape index (κ1) is 18.7. The van der Waals surface area contributed by atoms with Gasteiger partial charge in [-0.15, -0.1) is 10.2 Å². The second-order valence-corrected chi connectivity index (χ2v) is 7.95. The summed E-state index contributed by atoms with van der Waals surface area (Å²) in [5, 5.41) is 14.6. The van der Waals surface area contributed by atoms with Crippen LogP contribution in [-0.4, -0.2) is 30.2 Å². The quantitative estimate of drug-likeness (QED) is 0.496. The highest BCUT2D eigenvalue weighted by molar-refractivity contribution is 5.80. The van der Waals surface area contributed by atoms with Crippen molar-refractivity contribution >= 4 is 0 Å². The van der Waals surface area contributed by atoms with E-state index in [1.807, 2.05) is 18.2 Å². The average Bonchev–Trinajstić information content (AvgIpc) is 3.48. The van der Waals surface area contributed by atoms with Crippen LogP contribution in [0.5, 0.6) is 0 Å². The van der Waals surface area contributed by atoms with Crippen molar-refractivity contribution in [2.75, 3.05) is 0 Å². The molecule has 1 aliphatic heterocycles. The summed E-state index contributed by atoms with van der Waals surface area (Å²) in [5.74, 6) is 1.86. The number of aromatic amines is 1. The van der Waals surface area contributed by atoms with E-state index in [1.165, 1.54) is 42.8 Å². The number of H-pyrrole nitrogens is 1. The molecular formula is C24H26N6. The summed E-state index contributed by atoms with van der Waals surface area (Å²) < 4.78 is 2.50. The van der Waals surface area contributed by atoms with Crippen molar-refractivity contribution in [1.29, 1.82) is 0 Å². The molecule has 2 aromatic heterocycles. The van der Waals surface area contributed by atoms with Crippen LogP contribution in [0.3, 0.4) is 0 Å². The van der Waals surface area contributed by atoms with Gasteiger partial charge < -0.3 is 4.57 Å². The highest BCUT2D eigenvalue weighted by Crippen LogP contribution is 2.35. The third-order valence-corrected chi connectivity index (χ3v) is 6.05. The normalized spacial score (nSPS) is 15.8. The van der Waals surface area contributed by atoms with E-state index in [0.717, 1.165) is 29.5 Å². The predicted molar refractivity (Wildman–Crippen MR) is 117 cm³/mol. The van der Waals surface area contributed by atoms with E-state index in [4.69, 9.17) is 4.98 Å². The first-order chi connectivity index (χ1) is 14.8. The summed E-state index contributed by atoms with van der Waals surface area (Å²) in [7, 11) is 0. The van der Waals surface area contributed by atoms with Crippen LogP contribution < -0.4 is 0 Å². The SMILES string of the molecule is CCCCc1cnc2n1C(c1ccc(-c3ccccc3-c3nn[nH]n3)cc1)CCC2. The first-order valence-corrected chi connectivity index (χ1v) is 10.8. The van der Waals surface area contributed by atoms with Crippen LogP contribution in [0.2, 0.25) is 0 Å². The van der Waals surface area contributed by atoms with E-state index < -0.39 is 0 Å². The van der Waals surface area contributed by atoms with Crippen LogP contribution in [0.4, 0.5) is 0 Å². The molecule has 0 saturated carbocycles. The number of rotatable bonds is 6. The number of aryl methyl sites for hydroxylation is 2. The molecule has 1 atom stereocenters. The fraction of sp³-hybridized carbons (Fsp3) is 0.333. The van der Waals surface area contributed by atoms with Gasteiger partial charge in [-0.3, -0.25) is 0 Å². The molecule has 4 aromatic rings. The number of hydrogen-bond acceptors (Lipinski definition) is 4. The molecule has 0 spiro atoms. The number of unbranched alkanes of at least 4 members (excludes halogenated alkanes) is 1. The zero-order chi connectivity index (χ0) is 20.3. The molecule has 0 amide bonds. The molecule has 30 heavy (non-hydrogen) atoms. The number of hydrogen-bond donors (Lipinski definition) is 1. The zero-order valence-corrected chi connectivity index (χ0v) is 17.3. The van der Waals surface area contributed by atoms with Crippen molar-refractivity contribution in [1.82, 2.24) is 30.2 Å². The highest BCUT2D eigenvalue weighted by atomic mass is 15.5. The Kier molecular flexibility index (Phi) is 5.13. The summed E-state index contributed by atoms with van der Waals surface area (Å²) in [6, 6.07) is 17.5. The topological polar surface area (TPSA) is 72.3 Å². The summed E-state index contributed by atoms with van der Waals surface area (Å²) in [6.45, 7) is 2.25.